The van der Waals surface area contributed by atoms with E-state index in [1.807, 2.05) is 6.92 Å². The van der Waals surface area contributed by atoms with Crippen molar-refractivity contribution in [3.63, 3.8) is 0 Å². The minimum absolute atomic E-state index is 0.390. The summed E-state index contributed by atoms with van der Waals surface area (Å²) in [7, 11) is 0. The highest BCUT2D eigenvalue weighted by molar-refractivity contribution is 5.26. The molecule has 2 N–H and O–H groups in total. The van der Waals surface area contributed by atoms with Crippen molar-refractivity contribution in [2.24, 2.45) is 5.73 Å². The van der Waals surface area contributed by atoms with Gasteiger partial charge in [-0.05, 0) is 19.1 Å². The Kier molecular flexibility index (Phi) is 2.96. The van der Waals surface area contributed by atoms with Crippen LogP contribution < -0.4 is 5.73 Å². The first-order valence-electron chi connectivity index (χ1n) is 5.10. The van der Waals surface area contributed by atoms with Gasteiger partial charge in [-0.1, -0.05) is 0 Å². The second kappa shape index (κ2) is 4.40. The molecule has 1 atom stereocenters. The lowest BCUT2D eigenvalue weighted by Gasteiger charge is -2.14. The quantitative estimate of drug-likeness (QED) is 0.852. The monoisotopic (exact) mass is 220 g/mol. The first-order valence-corrected chi connectivity index (χ1v) is 5.10. The van der Waals surface area contributed by atoms with Gasteiger partial charge in [0.15, 0.2) is 0 Å². The molecule has 0 aliphatic carbocycles. The Labute approximate surface area is 92.9 Å². The maximum Gasteiger partial charge on any atom is 0.146 e. The van der Waals surface area contributed by atoms with Crippen LogP contribution in [-0.2, 0) is 6.54 Å². The predicted octanol–water partition coefficient (Wildman–Crippen LogP) is 1.49. The van der Waals surface area contributed by atoms with Crippen molar-refractivity contribution < 1.29 is 4.39 Å². The molecule has 16 heavy (non-hydrogen) atoms. The molecule has 0 saturated heterocycles. The van der Waals surface area contributed by atoms with Gasteiger partial charge in [-0.25, -0.2) is 4.39 Å². The van der Waals surface area contributed by atoms with Crippen molar-refractivity contribution in [1.29, 1.82) is 0 Å². The maximum absolute atomic E-state index is 13.5. The van der Waals surface area contributed by atoms with E-state index >= 15 is 0 Å². The standard InChI is InChI=1S/C11H13FN4/c1-2-16-10(4-6-15-16)11(13)8-3-5-14-7-9(8)12/h3-7,11H,2,13H2,1H3. The van der Waals surface area contributed by atoms with Gasteiger partial charge in [0, 0.05) is 24.5 Å². The summed E-state index contributed by atoms with van der Waals surface area (Å²) >= 11 is 0. The lowest BCUT2D eigenvalue weighted by atomic mass is 10.1. The Hall–Kier alpha value is -1.75. The largest absolute Gasteiger partial charge is 0.319 e. The molecule has 2 heterocycles. The number of nitrogens with zero attached hydrogens (tertiary/aromatic N) is 3. The number of hydrogen-bond acceptors (Lipinski definition) is 3. The Morgan fingerprint density at radius 2 is 2.25 bits per heavy atom. The van der Waals surface area contributed by atoms with E-state index in [2.05, 4.69) is 10.1 Å². The number of halogens is 1. The molecule has 0 radical (unpaired) electrons. The fraction of sp³-hybridized carbons (Fsp3) is 0.273. The summed E-state index contributed by atoms with van der Waals surface area (Å²) in [6.07, 6.45) is 4.37. The van der Waals surface area contributed by atoms with Crippen LogP contribution in [0, 0.1) is 5.82 Å². The second-order valence-corrected chi connectivity index (χ2v) is 3.45. The van der Waals surface area contributed by atoms with Crippen LogP contribution in [0.25, 0.3) is 0 Å². The van der Waals surface area contributed by atoms with Crippen molar-refractivity contribution in [2.75, 3.05) is 0 Å². The van der Waals surface area contributed by atoms with Crippen LogP contribution in [0.2, 0.25) is 0 Å². The Morgan fingerprint density at radius 1 is 1.44 bits per heavy atom. The molecule has 0 amide bonds. The number of nitrogens with two attached hydrogens (primary N) is 1. The van der Waals surface area contributed by atoms with Crippen molar-refractivity contribution in [2.45, 2.75) is 19.5 Å². The zero-order valence-corrected chi connectivity index (χ0v) is 8.97. The molecule has 4 nitrogen and oxygen atoms in total. The van der Waals surface area contributed by atoms with Crippen LogP contribution in [0.4, 0.5) is 4.39 Å². The molecule has 0 bridgehead atoms. The van der Waals surface area contributed by atoms with Gasteiger partial charge in [0.1, 0.15) is 5.82 Å². The van der Waals surface area contributed by atoms with Crippen molar-refractivity contribution in [1.82, 2.24) is 14.8 Å². The van der Waals surface area contributed by atoms with Crippen molar-refractivity contribution in [3.05, 3.63) is 47.8 Å². The molecule has 0 spiro atoms. The average molecular weight is 220 g/mol. The minimum atomic E-state index is -0.509. The van der Waals surface area contributed by atoms with Crippen LogP contribution in [0.15, 0.2) is 30.7 Å². The highest BCUT2D eigenvalue weighted by Gasteiger charge is 2.16. The SMILES string of the molecule is CCn1nccc1C(N)c1ccncc1F. The third-order valence-electron chi connectivity index (χ3n) is 2.51. The van der Waals surface area contributed by atoms with Gasteiger partial charge in [-0.3, -0.25) is 9.67 Å². The second-order valence-electron chi connectivity index (χ2n) is 3.45. The molecule has 0 aliphatic rings. The molecule has 0 aliphatic heterocycles. The van der Waals surface area contributed by atoms with E-state index in [1.54, 1.807) is 23.0 Å². The first kappa shape index (κ1) is 10.8. The topological polar surface area (TPSA) is 56.7 Å². The zero-order valence-electron chi connectivity index (χ0n) is 8.97. The summed E-state index contributed by atoms with van der Waals surface area (Å²) in [6, 6.07) is 2.88. The molecule has 2 rings (SSSR count). The van der Waals surface area contributed by atoms with Crippen LogP contribution in [0.3, 0.4) is 0 Å². The summed E-state index contributed by atoms with van der Waals surface area (Å²) in [4.78, 5) is 3.70. The molecule has 0 saturated carbocycles. The number of hydrogen-bond donors (Lipinski definition) is 1. The molecule has 2 aromatic heterocycles. The molecular weight excluding hydrogens is 207 g/mol. The van der Waals surface area contributed by atoms with Gasteiger partial charge in [0.2, 0.25) is 0 Å². The molecule has 1 unspecified atom stereocenters. The van der Waals surface area contributed by atoms with Gasteiger partial charge >= 0.3 is 0 Å². The number of pyridine rings is 1. The van der Waals surface area contributed by atoms with Gasteiger partial charge in [0.25, 0.3) is 0 Å². The third kappa shape index (κ3) is 1.81. The highest BCUT2D eigenvalue weighted by Crippen LogP contribution is 2.20. The highest BCUT2D eigenvalue weighted by atomic mass is 19.1. The van der Waals surface area contributed by atoms with E-state index in [0.717, 1.165) is 5.69 Å². The molecule has 0 aromatic carbocycles. The van der Waals surface area contributed by atoms with E-state index in [-0.39, 0.29) is 5.82 Å². The molecule has 5 heteroatoms. The fourth-order valence-electron chi connectivity index (χ4n) is 1.67. The van der Waals surface area contributed by atoms with Crippen molar-refractivity contribution >= 4 is 0 Å². The Balaban J connectivity index is 2.39. The van der Waals surface area contributed by atoms with Gasteiger partial charge < -0.3 is 5.73 Å². The molecule has 0 fully saturated rings. The fourth-order valence-corrected chi connectivity index (χ4v) is 1.67. The minimum Gasteiger partial charge on any atom is -0.319 e. The van der Waals surface area contributed by atoms with E-state index < -0.39 is 6.04 Å². The summed E-state index contributed by atoms with van der Waals surface area (Å²) < 4.78 is 15.2. The molecule has 84 valence electrons. The van der Waals surface area contributed by atoms with Gasteiger partial charge in [-0.2, -0.15) is 5.10 Å². The summed E-state index contributed by atoms with van der Waals surface area (Å²) in [5, 5.41) is 4.11. The van der Waals surface area contributed by atoms with Crippen LogP contribution in [0.1, 0.15) is 24.2 Å². The lowest BCUT2D eigenvalue weighted by Crippen LogP contribution is -2.18. The van der Waals surface area contributed by atoms with E-state index in [1.165, 1.54) is 12.4 Å². The zero-order chi connectivity index (χ0) is 11.5. The molecule has 2 aromatic rings. The number of aromatic nitrogens is 3. The number of rotatable bonds is 3. The van der Waals surface area contributed by atoms with Crippen LogP contribution in [-0.4, -0.2) is 14.8 Å². The van der Waals surface area contributed by atoms with E-state index in [9.17, 15) is 4.39 Å². The Bertz CT molecular complexity index is 480. The smallest absolute Gasteiger partial charge is 0.146 e. The van der Waals surface area contributed by atoms with Gasteiger partial charge in [0.05, 0.1) is 17.9 Å². The van der Waals surface area contributed by atoms with E-state index in [4.69, 9.17) is 5.73 Å². The third-order valence-corrected chi connectivity index (χ3v) is 2.51. The lowest BCUT2D eigenvalue weighted by molar-refractivity contribution is 0.564. The van der Waals surface area contributed by atoms with Crippen molar-refractivity contribution in [3.8, 4) is 0 Å². The summed E-state index contributed by atoms with van der Waals surface area (Å²) in [5.74, 6) is -0.390. The average Bonchev–Trinajstić information content (AvgIpc) is 2.77. The Morgan fingerprint density at radius 3 is 2.94 bits per heavy atom. The maximum atomic E-state index is 13.5. The number of aryl methyl sites for hydroxylation is 1. The van der Waals surface area contributed by atoms with E-state index in [0.29, 0.717) is 12.1 Å². The van der Waals surface area contributed by atoms with Crippen LogP contribution >= 0.6 is 0 Å². The first-order chi connectivity index (χ1) is 7.74. The summed E-state index contributed by atoms with van der Waals surface area (Å²) in [6.45, 7) is 2.68. The van der Waals surface area contributed by atoms with Crippen LogP contribution in [0.5, 0.6) is 0 Å². The van der Waals surface area contributed by atoms with Gasteiger partial charge in [-0.15, -0.1) is 0 Å². The normalized spacial score (nSPS) is 12.7. The summed E-state index contributed by atoms with van der Waals surface area (Å²) in [5.41, 5.74) is 7.24. The molecular formula is C11H13FN4. The predicted molar refractivity (Wildman–Crippen MR) is 58.1 cm³/mol.